The molecule has 0 bridgehead atoms. The first-order valence-corrected chi connectivity index (χ1v) is 11.7. The molecule has 29 heavy (non-hydrogen) atoms. The minimum Gasteiger partial charge on any atom is -0.354 e. The highest BCUT2D eigenvalue weighted by Crippen LogP contribution is 2.36. The van der Waals surface area contributed by atoms with Gasteiger partial charge >= 0.3 is 0 Å². The molecule has 158 valence electrons. The van der Waals surface area contributed by atoms with E-state index < -0.39 is 0 Å². The maximum atomic E-state index is 12.9. The van der Waals surface area contributed by atoms with Gasteiger partial charge in [0.1, 0.15) is 10.7 Å². The molecule has 1 aliphatic heterocycles. The summed E-state index contributed by atoms with van der Waals surface area (Å²) >= 11 is 1.70. The number of carbonyl (C=O) groups excluding carboxylic acids is 1. The van der Waals surface area contributed by atoms with Gasteiger partial charge in [0.2, 0.25) is 5.91 Å². The van der Waals surface area contributed by atoms with Gasteiger partial charge in [0.05, 0.1) is 11.4 Å². The molecule has 3 heterocycles. The number of fused-ring (bicyclic) bond motifs is 3. The zero-order valence-corrected chi connectivity index (χ0v) is 18.7. The van der Waals surface area contributed by atoms with Crippen LogP contribution in [0.15, 0.2) is 4.79 Å². The molecule has 1 saturated heterocycles. The Labute approximate surface area is 176 Å². The monoisotopic (exact) mass is 416 g/mol. The van der Waals surface area contributed by atoms with Crippen LogP contribution in [0.2, 0.25) is 0 Å². The van der Waals surface area contributed by atoms with E-state index in [9.17, 15) is 9.59 Å². The number of hydrogen-bond donors (Lipinski definition) is 2. The second-order valence-corrected chi connectivity index (χ2v) is 10.2. The van der Waals surface area contributed by atoms with E-state index in [0.717, 1.165) is 61.2 Å². The van der Waals surface area contributed by atoms with Crippen molar-refractivity contribution in [3.63, 3.8) is 0 Å². The molecule has 1 amide bonds. The molecule has 6 nitrogen and oxygen atoms in total. The summed E-state index contributed by atoms with van der Waals surface area (Å²) in [6.07, 6.45) is 4.89. The molecule has 1 fully saturated rings. The van der Waals surface area contributed by atoms with Crippen LogP contribution in [-0.4, -0.2) is 39.9 Å². The molecule has 7 heteroatoms. The number of amides is 1. The van der Waals surface area contributed by atoms with Crippen LogP contribution in [0.1, 0.15) is 69.3 Å². The summed E-state index contributed by atoms with van der Waals surface area (Å²) in [5.74, 6) is 1.68. The number of H-pyrrole nitrogens is 1. The third-order valence-electron chi connectivity index (χ3n) is 6.46. The lowest BCUT2D eigenvalue weighted by atomic mass is 9.89. The van der Waals surface area contributed by atoms with Crippen LogP contribution in [0.5, 0.6) is 0 Å². The molecule has 2 aliphatic rings. The smallest absolute Gasteiger partial charge is 0.259 e. The van der Waals surface area contributed by atoms with Gasteiger partial charge in [-0.25, -0.2) is 4.98 Å². The van der Waals surface area contributed by atoms with Crippen LogP contribution in [0.25, 0.3) is 10.2 Å². The Balaban J connectivity index is 1.50. The Kier molecular flexibility index (Phi) is 5.80. The van der Waals surface area contributed by atoms with E-state index in [-0.39, 0.29) is 29.5 Å². The molecular weight excluding hydrogens is 384 g/mol. The standard InChI is InChI=1S/C22H32N4O2S/c1-12(2)23-20(27)15-7-9-26(10-8-15)14(4)19-24-21(28)18-16-6-5-13(3)11-17(16)29-22(18)25-19/h12-15H,5-11H2,1-4H3,(H,23,27)(H,24,25,28). The Morgan fingerprint density at radius 3 is 2.66 bits per heavy atom. The fourth-order valence-electron chi connectivity index (χ4n) is 4.69. The molecule has 2 unspecified atom stereocenters. The second-order valence-electron chi connectivity index (χ2n) is 9.13. The largest absolute Gasteiger partial charge is 0.354 e. The second kappa shape index (κ2) is 8.19. The molecule has 1 aliphatic carbocycles. The summed E-state index contributed by atoms with van der Waals surface area (Å²) < 4.78 is 0. The summed E-state index contributed by atoms with van der Waals surface area (Å²) in [6, 6.07) is 0.222. The van der Waals surface area contributed by atoms with Gasteiger partial charge in [0.15, 0.2) is 0 Å². The molecule has 0 radical (unpaired) electrons. The summed E-state index contributed by atoms with van der Waals surface area (Å²) in [4.78, 5) is 37.7. The molecule has 2 aromatic heterocycles. The average molecular weight is 417 g/mol. The molecule has 0 saturated carbocycles. The summed E-state index contributed by atoms with van der Waals surface area (Å²) in [5.41, 5.74) is 1.24. The highest BCUT2D eigenvalue weighted by atomic mass is 32.1. The highest BCUT2D eigenvalue weighted by Gasteiger charge is 2.30. The maximum absolute atomic E-state index is 12.9. The van der Waals surface area contributed by atoms with Gasteiger partial charge in [0, 0.05) is 16.8 Å². The maximum Gasteiger partial charge on any atom is 0.259 e. The summed E-state index contributed by atoms with van der Waals surface area (Å²) in [5, 5.41) is 3.84. The van der Waals surface area contributed by atoms with Crippen LogP contribution in [-0.2, 0) is 17.6 Å². The first-order valence-electron chi connectivity index (χ1n) is 10.9. The number of rotatable bonds is 4. The summed E-state index contributed by atoms with van der Waals surface area (Å²) in [7, 11) is 0. The molecule has 2 atom stereocenters. The Morgan fingerprint density at radius 1 is 1.24 bits per heavy atom. The molecule has 2 aromatic rings. The number of hydrogen-bond acceptors (Lipinski definition) is 5. The van der Waals surface area contributed by atoms with E-state index in [1.807, 2.05) is 13.8 Å². The Bertz CT molecular complexity index is 956. The number of aryl methyl sites for hydroxylation is 1. The van der Waals surface area contributed by atoms with Gasteiger partial charge < -0.3 is 10.3 Å². The van der Waals surface area contributed by atoms with Crippen LogP contribution in [0, 0.1) is 11.8 Å². The fraction of sp³-hybridized carbons (Fsp3) is 0.682. The Morgan fingerprint density at radius 2 is 1.97 bits per heavy atom. The third kappa shape index (κ3) is 4.12. The van der Waals surface area contributed by atoms with Crippen molar-refractivity contribution in [1.29, 1.82) is 0 Å². The lowest BCUT2D eigenvalue weighted by Crippen LogP contribution is -2.43. The van der Waals surface area contributed by atoms with E-state index >= 15 is 0 Å². The van der Waals surface area contributed by atoms with Crippen molar-refractivity contribution in [3.05, 3.63) is 26.6 Å². The number of aromatic nitrogens is 2. The third-order valence-corrected chi connectivity index (χ3v) is 7.61. The first kappa shape index (κ1) is 20.5. The van der Waals surface area contributed by atoms with E-state index in [0.29, 0.717) is 5.92 Å². The van der Waals surface area contributed by atoms with E-state index in [2.05, 4.69) is 29.0 Å². The van der Waals surface area contributed by atoms with Crippen molar-refractivity contribution in [2.24, 2.45) is 11.8 Å². The molecule has 0 spiro atoms. The number of nitrogens with zero attached hydrogens (tertiary/aromatic N) is 2. The van der Waals surface area contributed by atoms with Gasteiger partial charge in [-0.3, -0.25) is 14.5 Å². The van der Waals surface area contributed by atoms with Gasteiger partial charge in [-0.05, 0) is 77.4 Å². The summed E-state index contributed by atoms with van der Waals surface area (Å²) in [6.45, 7) is 10.1. The predicted octanol–water partition coefficient (Wildman–Crippen LogP) is 3.41. The highest BCUT2D eigenvalue weighted by molar-refractivity contribution is 7.18. The molecule has 2 N–H and O–H groups in total. The van der Waals surface area contributed by atoms with Crippen LogP contribution >= 0.6 is 11.3 Å². The lowest BCUT2D eigenvalue weighted by Gasteiger charge is -2.35. The zero-order valence-electron chi connectivity index (χ0n) is 17.9. The van der Waals surface area contributed by atoms with E-state index in [1.54, 1.807) is 11.3 Å². The van der Waals surface area contributed by atoms with Gasteiger partial charge in [-0.1, -0.05) is 6.92 Å². The number of aromatic amines is 1. The first-order chi connectivity index (χ1) is 13.8. The molecular formula is C22H32N4O2S. The van der Waals surface area contributed by atoms with E-state index in [4.69, 9.17) is 4.98 Å². The normalized spacial score (nSPS) is 22.0. The van der Waals surface area contributed by atoms with Crippen molar-refractivity contribution < 1.29 is 4.79 Å². The zero-order chi connectivity index (χ0) is 20.7. The van der Waals surface area contributed by atoms with Crippen molar-refractivity contribution in [3.8, 4) is 0 Å². The molecule has 0 aromatic carbocycles. The fourth-order valence-corrected chi connectivity index (χ4v) is 6.08. The van der Waals surface area contributed by atoms with Crippen LogP contribution in [0.4, 0.5) is 0 Å². The van der Waals surface area contributed by atoms with Crippen molar-refractivity contribution in [1.82, 2.24) is 20.2 Å². The van der Waals surface area contributed by atoms with Gasteiger partial charge in [-0.15, -0.1) is 11.3 Å². The number of likely N-dealkylation sites (tertiary alicyclic amines) is 1. The van der Waals surface area contributed by atoms with Gasteiger partial charge in [-0.2, -0.15) is 0 Å². The van der Waals surface area contributed by atoms with E-state index in [1.165, 1.54) is 10.4 Å². The topological polar surface area (TPSA) is 78.1 Å². The number of nitrogens with one attached hydrogen (secondary N) is 2. The quantitative estimate of drug-likeness (QED) is 0.801. The molecule has 4 rings (SSSR count). The average Bonchev–Trinajstić information content (AvgIpc) is 3.04. The van der Waals surface area contributed by atoms with Crippen molar-refractivity contribution in [2.45, 2.75) is 71.9 Å². The van der Waals surface area contributed by atoms with Crippen molar-refractivity contribution in [2.75, 3.05) is 13.1 Å². The minimum atomic E-state index is 0.00935. The van der Waals surface area contributed by atoms with Gasteiger partial charge in [0.25, 0.3) is 5.56 Å². The number of carbonyl (C=O) groups is 1. The predicted molar refractivity (Wildman–Crippen MR) is 117 cm³/mol. The number of thiophene rings is 1. The SMILES string of the molecule is CC1CCc2c(sc3nc(C(C)N4CCC(C(=O)NC(C)C)CC4)[nH]c(=O)c23)C1. The number of piperidine rings is 1. The lowest BCUT2D eigenvalue weighted by molar-refractivity contribution is -0.127. The minimum absolute atomic E-state index is 0.00935. The van der Waals surface area contributed by atoms with Crippen molar-refractivity contribution >= 4 is 27.5 Å². The van der Waals surface area contributed by atoms with Crippen LogP contribution in [0.3, 0.4) is 0 Å². The van der Waals surface area contributed by atoms with Crippen LogP contribution < -0.4 is 10.9 Å². The Hall–Kier alpha value is -1.73.